The molecule has 11 rings (SSSR count). The van der Waals surface area contributed by atoms with Crippen LogP contribution < -0.4 is 9.80 Å². The molecule has 0 amide bonds. The van der Waals surface area contributed by atoms with Gasteiger partial charge in [-0.15, -0.1) is 0 Å². The maximum absolute atomic E-state index is 2.49. The maximum atomic E-state index is 2.49. The molecule has 0 radical (unpaired) electrons. The third kappa shape index (κ3) is 7.01. The summed E-state index contributed by atoms with van der Waals surface area (Å²) in [5, 5.41) is 2.46. The van der Waals surface area contributed by atoms with Gasteiger partial charge in [0.05, 0.1) is 5.69 Å². The number of nitrogens with zero attached hydrogens (tertiary/aromatic N) is 2. The fourth-order valence-electron chi connectivity index (χ4n) is 10.7. The van der Waals surface area contributed by atoms with Crippen LogP contribution in [0.3, 0.4) is 0 Å². The van der Waals surface area contributed by atoms with Gasteiger partial charge in [-0.2, -0.15) is 0 Å². The Bertz CT molecular complexity index is 3040. The number of para-hydroxylation sites is 1. The first kappa shape index (κ1) is 38.7. The van der Waals surface area contributed by atoms with Crippen LogP contribution in [-0.2, 0) is 5.41 Å². The lowest BCUT2D eigenvalue weighted by Gasteiger charge is -2.31. The Kier molecular flexibility index (Phi) is 10.0. The minimum atomic E-state index is -0.199. The lowest BCUT2D eigenvalue weighted by Crippen LogP contribution is -2.17. The van der Waals surface area contributed by atoms with Crippen LogP contribution in [0, 0.1) is 0 Å². The van der Waals surface area contributed by atoms with E-state index < -0.39 is 0 Å². The number of hydrogen-bond donors (Lipinski definition) is 0. The monoisotopic (exact) mass is 812 g/mol. The topological polar surface area (TPSA) is 6.48 Å². The lowest BCUT2D eigenvalue weighted by molar-refractivity contribution is 0.443. The molecule has 2 heteroatoms. The van der Waals surface area contributed by atoms with Crippen molar-refractivity contribution >= 4 is 44.9 Å². The summed E-state index contributed by atoms with van der Waals surface area (Å²) >= 11 is 0. The highest BCUT2D eigenvalue weighted by Gasteiger charge is 2.37. The van der Waals surface area contributed by atoms with Gasteiger partial charge in [-0.3, -0.25) is 0 Å². The number of hydrogen-bond acceptors (Lipinski definition) is 2. The predicted octanol–water partition coefficient (Wildman–Crippen LogP) is 17.5. The Morgan fingerprint density at radius 1 is 0.397 bits per heavy atom. The SMILES string of the molecule is CC1(C)c2cc(N(c3ccc(N(c4ccccc4)c4ccc(C5CCCCC5)cc4)cc3)c3ccc4ccccc4c3-c3ccccc3)ccc2-c2c(-c3ccccc3)cccc21. The molecule has 0 aromatic heterocycles. The van der Waals surface area contributed by atoms with E-state index >= 15 is 0 Å². The first-order valence-electron chi connectivity index (χ1n) is 22.8. The summed E-state index contributed by atoms with van der Waals surface area (Å²) in [6.07, 6.45) is 6.64. The fourth-order valence-corrected chi connectivity index (χ4v) is 10.7. The molecule has 0 spiro atoms. The van der Waals surface area contributed by atoms with Crippen molar-refractivity contribution in [3.05, 3.63) is 229 Å². The highest BCUT2D eigenvalue weighted by molar-refractivity contribution is 6.06. The van der Waals surface area contributed by atoms with Gasteiger partial charge in [0.1, 0.15) is 0 Å². The number of benzene rings is 9. The summed E-state index contributed by atoms with van der Waals surface area (Å²) in [6.45, 7) is 4.78. The van der Waals surface area contributed by atoms with E-state index in [-0.39, 0.29) is 5.41 Å². The summed E-state index contributed by atoms with van der Waals surface area (Å²) in [6, 6.07) is 78.6. The summed E-state index contributed by atoms with van der Waals surface area (Å²) < 4.78 is 0. The van der Waals surface area contributed by atoms with E-state index in [1.54, 1.807) is 0 Å². The van der Waals surface area contributed by atoms with Crippen LogP contribution in [0.4, 0.5) is 34.1 Å². The number of fused-ring (bicyclic) bond motifs is 4. The molecule has 1 fully saturated rings. The summed E-state index contributed by atoms with van der Waals surface area (Å²) in [4.78, 5) is 4.88. The van der Waals surface area contributed by atoms with E-state index in [2.05, 4.69) is 236 Å². The molecule has 0 heterocycles. The van der Waals surface area contributed by atoms with Crippen molar-refractivity contribution in [2.45, 2.75) is 57.3 Å². The van der Waals surface area contributed by atoms with Gasteiger partial charge in [0.2, 0.25) is 0 Å². The van der Waals surface area contributed by atoms with Crippen molar-refractivity contribution in [2.75, 3.05) is 9.80 Å². The molecule has 63 heavy (non-hydrogen) atoms. The first-order chi connectivity index (χ1) is 31.0. The zero-order valence-corrected chi connectivity index (χ0v) is 36.2. The van der Waals surface area contributed by atoms with Gasteiger partial charge < -0.3 is 9.80 Å². The van der Waals surface area contributed by atoms with Gasteiger partial charge in [0, 0.05) is 39.4 Å². The largest absolute Gasteiger partial charge is 0.311 e. The second-order valence-corrected chi connectivity index (χ2v) is 17.9. The van der Waals surface area contributed by atoms with Crippen LogP contribution in [0.2, 0.25) is 0 Å². The quantitative estimate of drug-likeness (QED) is 0.143. The molecule has 1 saturated carbocycles. The minimum absolute atomic E-state index is 0.199. The highest BCUT2D eigenvalue weighted by Crippen LogP contribution is 2.54. The molecular formula is C61H52N2. The van der Waals surface area contributed by atoms with Crippen LogP contribution >= 0.6 is 0 Å². The smallest absolute Gasteiger partial charge is 0.0546 e. The average Bonchev–Trinajstić information content (AvgIpc) is 3.58. The second kappa shape index (κ2) is 16.3. The van der Waals surface area contributed by atoms with Gasteiger partial charge >= 0.3 is 0 Å². The Morgan fingerprint density at radius 2 is 0.968 bits per heavy atom. The third-order valence-corrected chi connectivity index (χ3v) is 13.8. The van der Waals surface area contributed by atoms with Crippen molar-refractivity contribution in [1.82, 2.24) is 0 Å². The molecular weight excluding hydrogens is 761 g/mol. The normalized spacial score (nSPS) is 14.3. The zero-order chi connectivity index (χ0) is 42.3. The minimum Gasteiger partial charge on any atom is -0.311 e. The van der Waals surface area contributed by atoms with E-state index in [1.807, 2.05) is 0 Å². The molecule has 0 bridgehead atoms. The van der Waals surface area contributed by atoms with Crippen LogP contribution in [0.25, 0.3) is 44.2 Å². The fraction of sp³-hybridized carbons (Fsp3) is 0.148. The van der Waals surface area contributed by atoms with Crippen molar-refractivity contribution < 1.29 is 0 Å². The van der Waals surface area contributed by atoms with E-state index in [4.69, 9.17) is 0 Å². The van der Waals surface area contributed by atoms with Crippen LogP contribution in [-0.4, -0.2) is 0 Å². The van der Waals surface area contributed by atoms with Gasteiger partial charge in [-0.1, -0.05) is 179 Å². The van der Waals surface area contributed by atoms with E-state index in [0.717, 1.165) is 28.4 Å². The van der Waals surface area contributed by atoms with Crippen LogP contribution in [0.15, 0.2) is 212 Å². The standard InChI is InChI=1S/C61H52N2/c1-61(2)56-29-17-28-54(45-20-9-4-10-21-45)60(56)55-40-39-52(42-57(55)61)63(58-41-32-46-22-15-16-27-53(46)59(58)47-23-11-5-12-24-47)51-37-35-50(36-38-51)62(48-25-13-6-14-26-48)49-33-30-44(31-34-49)43-18-7-3-8-19-43/h4-6,9-17,20-43H,3,7-8,18-19H2,1-2H3. The molecule has 0 atom stereocenters. The molecule has 2 aliphatic carbocycles. The Hall–Kier alpha value is -7.16. The molecule has 306 valence electrons. The summed E-state index contributed by atoms with van der Waals surface area (Å²) in [7, 11) is 0. The van der Waals surface area contributed by atoms with Crippen molar-refractivity contribution in [1.29, 1.82) is 0 Å². The van der Waals surface area contributed by atoms with Crippen molar-refractivity contribution in [3.8, 4) is 33.4 Å². The average molecular weight is 813 g/mol. The lowest BCUT2D eigenvalue weighted by atomic mass is 9.81. The van der Waals surface area contributed by atoms with Gasteiger partial charge in [0.15, 0.2) is 0 Å². The molecule has 0 unspecified atom stereocenters. The van der Waals surface area contributed by atoms with Crippen LogP contribution in [0.5, 0.6) is 0 Å². The maximum Gasteiger partial charge on any atom is 0.0546 e. The first-order valence-corrected chi connectivity index (χ1v) is 22.8. The zero-order valence-electron chi connectivity index (χ0n) is 36.2. The van der Waals surface area contributed by atoms with E-state index in [1.165, 1.54) is 98.6 Å². The van der Waals surface area contributed by atoms with E-state index in [0.29, 0.717) is 5.92 Å². The molecule has 0 aliphatic heterocycles. The van der Waals surface area contributed by atoms with E-state index in [9.17, 15) is 0 Å². The number of rotatable bonds is 9. The Morgan fingerprint density at radius 3 is 1.67 bits per heavy atom. The van der Waals surface area contributed by atoms with Crippen LogP contribution in [0.1, 0.15) is 68.6 Å². The second-order valence-electron chi connectivity index (χ2n) is 17.9. The molecule has 9 aromatic carbocycles. The summed E-state index contributed by atoms with van der Waals surface area (Å²) in [5.41, 5.74) is 18.4. The Balaban J connectivity index is 1.07. The molecule has 9 aromatic rings. The molecule has 2 aliphatic rings. The van der Waals surface area contributed by atoms with Gasteiger partial charge in [-0.25, -0.2) is 0 Å². The van der Waals surface area contributed by atoms with Crippen molar-refractivity contribution in [3.63, 3.8) is 0 Å². The third-order valence-electron chi connectivity index (χ3n) is 13.8. The highest BCUT2D eigenvalue weighted by atomic mass is 15.2. The van der Waals surface area contributed by atoms with Gasteiger partial charge in [0.25, 0.3) is 0 Å². The number of anilines is 6. The summed E-state index contributed by atoms with van der Waals surface area (Å²) in [5.74, 6) is 0.670. The molecule has 0 N–H and O–H groups in total. The molecule has 2 nitrogen and oxygen atoms in total. The van der Waals surface area contributed by atoms with Gasteiger partial charge in [-0.05, 0) is 141 Å². The molecule has 0 saturated heterocycles. The predicted molar refractivity (Wildman–Crippen MR) is 268 cm³/mol. The van der Waals surface area contributed by atoms with Crippen molar-refractivity contribution in [2.24, 2.45) is 0 Å². The Labute approximate surface area is 372 Å².